The summed E-state index contributed by atoms with van der Waals surface area (Å²) in [6.07, 6.45) is 27.0. The number of carbonyl (C=O) groups is 3. The summed E-state index contributed by atoms with van der Waals surface area (Å²) in [5.41, 5.74) is 6.42. The molecule has 3 aromatic rings. The molecule has 1 unspecified atom stereocenters. The summed E-state index contributed by atoms with van der Waals surface area (Å²) in [5.74, 6) is 1.75. The van der Waals surface area contributed by atoms with Gasteiger partial charge in [-0.05, 0) is 61.4 Å². The molecule has 3 aliphatic rings. The number of esters is 2. The van der Waals surface area contributed by atoms with E-state index in [9.17, 15) is 14.4 Å². The topological polar surface area (TPSA) is 142 Å². The number of ether oxygens (including phenoxy) is 7. The van der Waals surface area contributed by atoms with Gasteiger partial charge in [0.2, 0.25) is 0 Å². The van der Waals surface area contributed by atoms with Crippen molar-refractivity contribution in [1.29, 1.82) is 0 Å². The molecule has 1 atom stereocenters. The smallest absolute Gasteiger partial charge is 0.325 e. The molecule has 15 heteroatoms. The van der Waals surface area contributed by atoms with Crippen LogP contribution >= 0.6 is 0 Å². The van der Waals surface area contributed by atoms with Gasteiger partial charge in [0.1, 0.15) is 61.1 Å². The van der Waals surface area contributed by atoms with E-state index in [1.807, 2.05) is 72.1 Å². The summed E-state index contributed by atoms with van der Waals surface area (Å²) in [6, 6.07) is 15.9. The number of methoxy groups -OCH3 is 2. The zero-order valence-corrected chi connectivity index (χ0v) is 47.7. The molecule has 0 radical (unpaired) electrons. The van der Waals surface area contributed by atoms with E-state index in [2.05, 4.69) is 56.7 Å². The highest BCUT2D eigenvalue weighted by Crippen LogP contribution is 2.49. The van der Waals surface area contributed by atoms with Crippen LogP contribution in [0.1, 0.15) is 126 Å². The van der Waals surface area contributed by atoms with Crippen molar-refractivity contribution in [1.82, 2.24) is 5.32 Å². The zero-order chi connectivity index (χ0) is 54.9. The number of likely N-dealkylation sites (N-methyl/N-ethyl adjacent to an activating group) is 1. The number of unbranched alkanes of at least 4 members (excludes halogenated alkanes) is 15. The van der Waals surface area contributed by atoms with Gasteiger partial charge >= 0.3 is 11.9 Å². The van der Waals surface area contributed by atoms with Crippen LogP contribution in [0.4, 0.5) is 17.1 Å². The lowest BCUT2D eigenvalue weighted by Crippen LogP contribution is -3.09. The van der Waals surface area contributed by atoms with Crippen LogP contribution in [0.25, 0.3) is 5.57 Å². The largest absolute Gasteiger partial charge is 0.488 e. The number of nitrogens with one attached hydrogen (secondary N) is 2. The first-order chi connectivity index (χ1) is 37.4. The highest BCUT2D eigenvalue weighted by Gasteiger charge is 2.32. The number of carbonyl (C=O) groups excluding carboxylic acids is 3. The maximum absolute atomic E-state index is 13.7. The van der Waals surface area contributed by atoms with Gasteiger partial charge in [-0.25, -0.2) is 0 Å². The molecule has 15 nitrogen and oxygen atoms in total. The van der Waals surface area contributed by atoms with Crippen molar-refractivity contribution in [2.24, 2.45) is 0 Å². The fraction of sp³-hybridized carbons (Fsp3) is 0.565. The number of aryl methyl sites for hydroxylation is 1. The number of allylic oxidation sites excluding steroid dienone is 1. The van der Waals surface area contributed by atoms with Crippen molar-refractivity contribution in [3.8, 4) is 23.0 Å². The molecule has 1 aliphatic carbocycles. The van der Waals surface area contributed by atoms with Crippen LogP contribution < -0.4 is 43.9 Å². The van der Waals surface area contributed by atoms with Crippen molar-refractivity contribution < 1.29 is 52.4 Å². The molecule has 2 heterocycles. The quantitative estimate of drug-likeness (QED) is 0.0554. The Morgan fingerprint density at radius 1 is 0.688 bits per heavy atom. The summed E-state index contributed by atoms with van der Waals surface area (Å²) < 4.78 is 43.2. The van der Waals surface area contributed by atoms with E-state index >= 15 is 0 Å². The van der Waals surface area contributed by atoms with Gasteiger partial charge < -0.3 is 58.1 Å². The first-order valence-corrected chi connectivity index (χ1v) is 28.5. The van der Waals surface area contributed by atoms with Gasteiger partial charge in [-0.3, -0.25) is 14.4 Å². The molecular weight excluding hydrogens is 975 g/mol. The molecule has 2 aliphatic heterocycles. The molecular formula is C62H90N5O10+. The second-order valence-electron chi connectivity index (χ2n) is 21.0. The number of amides is 1. The predicted molar refractivity (Wildman–Crippen MR) is 307 cm³/mol. The molecule has 77 heavy (non-hydrogen) atoms. The van der Waals surface area contributed by atoms with E-state index in [4.69, 9.17) is 33.2 Å². The first kappa shape index (κ1) is 60.0. The standard InChI is InChI=1S/C62H89N5O10/c1-9-10-11-12-13-14-15-16-17-18-19-20-21-22-23-24-31-63-59(68)45-76-54-42-53-58(41-51(54)62-49-28-26-47(64(3)4)39-55(49)77-56-40-48(65(5)6)27-29-50(56)62)75-37-36-74-57-38-46(2)25-30-52(57)66(43-60(69)71-7)32-34-73-35-33-67(53)44-61(70)72-8/h25-30,38-42,47H,9-24,31-37,43-45H2,1-8H3,(H,63,68)/p+1. The van der Waals surface area contributed by atoms with Crippen LogP contribution in [-0.2, 0) is 28.6 Å². The van der Waals surface area contributed by atoms with E-state index in [1.54, 1.807) is 0 Å². The maximum atomic E-state index is 13.7. The van der Waals surface area contributed by atoms with E-state index in [-0.39, 0.29) is 64.6 Å². The zero-order valence-electron chi connectivity index (χ0n) is 47.7. The second-order valence-corrected chi connectivity index (χ2v) is 21.0. The molecule has 1 amide bonds. The summed E-state index contributed by atoms with van der Waals surface area (Å²) in [4.78, 5) is 46.6. The van der Waals surface area contributed by atoms with Crippen LogP contribution in [-0.4, -0.2) is 132 Å². The Morgan fingerprint density at radius 2 is 1.27 bits per heavy atom. The van der Waals surface area contributed by atoms with Gasteiger partial charge in [-0.15, -0.1) is 0 Å². The molecule has 2 N–H and O–H groups in total. The highest BCUT2D eigenvalue weighted by atomic mass is 16.5. The number of anilines is 3. The van der Waals surface area contributed by atoms with Crippen LogP contribution in [0, 0.1) is 6.92 Å². The number of benzene rings is 3. The fourth-order valence-corrected chi connectivity index (χ4v) is 9.96. The highest BCUT2D eigenvalue weighted by molar-refractivity contribution is 5.95. The fourth-order valence-electron chi connectivity index (χ4n) is 9.96. The average Bonchev–Trinajstić information content (AvgIpc) is 3.45. The normalized spacial score (nSPS) is 15.5. The molecule has 0 aromatic heterocycles. The lowest BCUT2D eigenvalue weighted by molar-refractivity contribution is -0.871. The van der Waals surface area contributed by atoms with Crippen LogP contribution in [0.2, 0.25) is 0 Å². The van der Waals surface area contributed by atoms with Crippen molar-refractivity contribution in [3.05, 3.63) is 94.8 Å². The van der Waals surface area contributed by atoms with Gasteiger partial charge in [0.15, 0.2) is 6.61 Å². The Balaban J connectivity index is 1.26. The van der Waals surface area contributed by atoms with Gasteiger partial charge in [0.05, 0.1) is 52.9 Å². The molecule has 6 rings (SSSR count). The van der Waals surface area contributed by atoms with Crippen LogP contribution in [0.15, 0.2) is 78.1 Å². The van der Waals surface area contributed by atoms with E-state index < -0.39 is 11.9 Å². The second kappa shape index (κ2) is 31.9. The molecule has 0 fully saturated rings. The molecule has 0 saturated carbocycles. The molecule has 3 aromatic carbocycles. The minimum Gasteiger partial charge on any atom is -0.488 e. The third-order valence-electron chi connectivity index (χ3n) is 14.5. The van der Waals surface area contributed by atoms with Gasteiger partial charge in [0.25, 0.3) is 5.91 Å². The van der Waals surface area contributed by atoms with Gasteiger partial charge in [0, 0.05) is 79.9 Å². The van der Waals surface area contributed by atoms with Gasteiger partial charge in [-0.1, -0.05) is 109 Å². The minimum absolute atomic E-state index is 0.00960. The minimum atomic E-state index is -0.466. The number of rotatable bonds is 27. The molecule has 422 valence electrons. The first-order valence-electron chi connectivity index (χ1n) is 28.5. The van der Waals surface area contributed by atoms with Gasteiger partial charge in [-0.2, -0.15) is 0 Å². The molecule has 0 saturated heterocycles. The summed E-state index contributed by atoms with van der Waals surface area (Å²) in [6.45, 7) is 5.78. The number of hydrogen-bond donors (Lipinski definition) is 2. The van der Waals surface area contributed by atoms with Crippen LogP contribution in [0.5, 0.6) is 23.0 Å². The molecule has 0 bridgehead atoms. The number of hydrogen-bond acceptors (Lipinski definition) is 13. The average molecular weight is 1070 g/mol. The molecule has 0 spiro atoms. The number of fused-ring (bicyclic) bond motifs is 4. The third-order valence-corrected chi connectivity index (χ3v) is 14.5. The van der Waals surface area contributed by atoms with Crippen molar-refractivity contribution in [3.63, 3.8) is 0 Å². The number of nitrogens with zero attached hydrogens (tertiary/aromatic N) is 3. The Morgan fingerprint density at radius 3 is 1.86 bits per heavy atom. The maximum Gasteiger partial charge on any atom is 0.325 e. The van der Waals surface area contributed by atoms with Crippen molar-refractivity contribution >= 4 is 40.5 Å². The number of quaternary nitrogens is 1. The Bertz CT molecular complexity index is 2470. The van der Waals surface area contributed by atoms with E-state index in [0.717, 1.165) is 52.9 Å². The van der Waals surface area contributed by atoms with E-state index in [0.29, 0.717) is 53.1 Å². The SMILES string of the molecule is CCCCCCCCCCCCCCCCCCNC(=O)COc1cc2c(cc1C1=C3C=CC([NH+](C)C)C=C3Oc3cc(N(C)C)ccc31)OCCOc1cc(C)ccc1N(CC(=O)OC)CCOCCN2CC(=O)OC. The van der Waals surface area contributed by atoms with Crippen molar-refractivity contribution in [2.75, 3.05) is 123 Å². The Kier molecular flexibility index (Phi) is 24.9. The van der Waals surface area contributed by atoms with E-state index in [1.165, 1.54) is 103 Å². The monoisotopic (exact) mass is 1060 g/mol. The predicted octanol–water partition coefficient (Wildman–Crippen LogP) is 9.43. The van der Waals surface area contributed by atoms with Crippen LogP contribution in [0.3, 0.4) is 0 Å². The third kappa shape index (κ3) is 18.5. The summed E-state index contributed by atoms with van der Waals surface area (Å²) >= 11 is 0. The van der Waals surface area contributed by atoms with Crippen molar-refractivity contribution in [2.45, 2.75) is 123 Å². The summed E-state index contributed by atoms with van der Waals surface area (Å²) in [5, 5.41) is 3.11. The Labute approximate surface area is 459 Å². The Hall–Kier alpha value is -6.19. The lowest BCUT2D eigenvalue weighted by atomic mass is 9.86. The summed E-state index contributed by atoms with van der Waals surface area (Å²) in [7, 11) is 10.9. The lowest BCUT2D eigenvalue weighted by Gasteiger charge is -2.31.